The van der Waals surface area contributed by atoms with Crippen molar-refractivity contribution in [2.75, 3.05) is 0 Å². The Balaban J connectivity index is 1.83. The highest BCUT2D eigenvalue weighted by Crippen LogP contribution is 2.45. The molecule has 31 heavy (non-hydrogen) atoms. The fraction of sp³-hybridized carbons (Fsp3) is 0.440. The number of rotatable bonds is 5. The number of aliphatic hydroxyl groups excluding tert-OH is 1. The van der Waals surface area contributed by atoms with Gasteiger partial charge in [-0.25, -0.2) is 0 Å². The SMILES string of the molecule is Cc1ccsc1C1/C(=C(/O)c2cccc(OC(C)C)c2)C(=O)C(=O)N1C1CCCCC1. The molecule has 4 rings (SSSR count). The van der Waals surface area contributed by atoms with Crippen molar-refractivity contribution in [3.05, 3.63) is 57.3 Å². The molecular formula is C25H29NO4S. The van der Waals surface area contributed by atoms with Crippen molar-refractivity contribution in [1.29, 1.82) is 0 Å². The number of aryl methyl sites for hydroxylation is 1. The molecule has 1 unspecified atom stereocenters. The summed E-state index contributed by atoms with van der Waals surface area (Å²) in [6.07, 6.45) is 5.04. The number of carbonyl (C=O) groups excluding carboxylic acids is 2. The minimum atomic E-state index is -0.601. The number of Topliss-reactive ketones (excluding diaryl/α,β-unsaturated/α-hetero) is 1. The molecule has 5 nitrogen and oxygen atoms in total. The minimum Gasteiger partial charge on any atom is -0.507 e. The number of hydrogen-bond donors (Lipinski definition) is 1. The molecule has 0 bridgehead atoms. The first kappa shape index (κ1) is 21.6. The maximum atomic E-state index is 13.2. The minimum absolute atomic E-state index is 0.0111. The van der Waals surface area contributed by atoms with E-state index in [9.17, 15) is 14.7 Å². The van der Waals surface area contributed by atoms with Crippen LogP contribution in [0, 0.1) is 6.92 Å². The molecule has 0 radical (unpaired) electrons. The fourth-order valence-electron chi connectivity index (χ4n) is 4.65. The molecule has 1 amide bonds. The van der Waals surface area contributed by atoms with Gasteiger partial charge in [0, 0.05) is 16.5 Å². The Hall–Kier alpha value is -2.60. The van der Waals surface area contributed by atoms with Gasteiger partial charge in [-0.2, -0.15) is 0 Å². The van der Waals surface area contributed by atoms with Crippen molar-refractivity contribution >= 4 is 28.8 Å². The molecule has 1 atom stereocenters. The largest absolute Gasteiger partial charge is 0.507 e. The Labute approximate surface area is 187 Å². The number of ketones is 1. The molecule has 2 heterocycles. The molecule has 1 N–H and O–H groups in total. The van der Waals surface area contributed by atoms with E-state index in [0.29, 0.717) is 11.3 Å². The summed E-state index contributed by atoms with van der Waals surface area (Å²) in [6, 6.07) is 8.55. The van der Waals surface area contributed by atoms with Crippen LogP contribution < -0.4 is 4.74 Å². The summed E-state index contributed by atoms with van der Waals surface area (Å²) >= 11 is 1.53. The van der Waals surface area contributed by atoms with E-state index >= 15 is 0 Å². The normalized spacial score (nSPS) is 21.8. The van der Waals surface area contributed by atoms with Gasteiger partial charge in [0.2, 0.25) is 0 Å². The number of benzene rings is 1. The maximum absolute atomic E-state index is 13.2. The lowest BCUT2D eigenvalue weighted by atomic mass is 9.92. The number of nitrogens with zero attached hydrogens (tertiary/aromatic N) is 1. The third kappa shape index (κ3) is 4.13. The van der Waals surface area contributed by atoms with Gasteiger partial charge in [-0.3, -0.25) is 9.59 Å². The molecule has 164 valence electrons. The van der Waals surface area contributed by atoms with Crippen LogP contribution in [-0.4, -0.2) is 33.8 Å². The van der Waals surface area contributed by atoms with Gasteiger partial charge < -0.3 is 14.7 Å². The first-order chi connectivity index (χ1) is 14.9. The van der Waals surface area contributed by atoms with Crippen LogP contribution in [0.15, 0.2) is 41.3 Å². The zero-order valence-corrected chi connectivity index (χ0v) is 19.1. The number of thiophene rings is 1. The second-order valence-electron chi connectivity index (χ2n) is 8.66. The first-order valence-electron chi connectivity index (χ1n) is 11.0. The zero-order valence-electron chi connectivity index (χ0n) is 18.3. The summed E-state index contributed by atoms with van der Waals surface area (Å²) in [4.78, 5) is 29.1. The second-order valence-corrected chi connectivity index (χ2v) is 9.61. The molecule has 1 aromatic heterocycles. The highest BCUT2D eigenvalue weighted by molar-refractivity contribution is 7.10. The fourth-order valence-corrected chi connectivity index (χ4v) is 5.69. The lowest BCUT2D eigenvalue weighted by Gasteiger charge is -2.35. The van der Waals surface area contributed by atoms with Gasteiger partial charge >= 0.3 is 0 Å². The van der Waals surface area contributed by atoms with E-state index in [0.717, 1.165) is 42.5 Å². The average molecular weight is 440 g/mol. The van der Waals surface area contributed by atoms with E-state index < -0.39 is 17.7 Å². The first-order valence-corrected chi connectivity index (χ1v) is 11.9. The van der Waals surface area contributed by atoms with Crippen LogP contribution in [0.1, 0.15) is 68.0 Å². The molecule has 1 aliphatic heterocycles. The number of amides is 1. The molecule has 1 saturated carbocycles. The van der Waals surface area contributed by atoms with Crippen molar-refractivity contribution in [2.45, 2.75) is 71.1 Å². The van der Waals surface area contributed by atoms with Gasteiger partial charge in [0.15, 0.2) is 0 Å². The third-order valence-electron chi connectivity index (χ3n) is 6.08. The van der Waals surface area contributed by atoms with Gasteiger partial charge in [0.05, 0.1) is 11.7 Å². The molecular weight excluding hydrogens is 410 g/mol. The van der Waals surface area contributed by atoms with Gasteiger partial charge in [0.25, 0.3) is 11.7 Å². The molecule has 1 aromatic carbocycles. The topological polar surface area (TPSA) is 66.8 Å². The van der Waals surface area contributed by atoms with Gasteiger partial charge in [0.1, 0.15) is 17.6 Å². The van der Waals surface area contributed by atoms with Gasteiger partial charge in [-0.15, -0.1) is 11.3 Å². The van der Waals surface area contributed by atoms with Crippen LogP contribution in [0.25, 0.3) is 5.76 Å². The maximum Gasteiger partial charge on any atom is 0.295 e. The molecule has 1 saturated heterocycles. The van der Waals surface area contributed by atoms with Gasteiger partial charge in [-0.05, 0) is 62.8 Å². The van der Waals surface area contributed by atoms with Crippen molar-refractivity contribution in [1.82, 2.24) is 4.90 Å². The Morgan fingerprint density at radius 1 is 1.16 bits per heavy atom. The second kappa shape index (κ2) is 8.87. The zero-order chi connectivity index (χ0) is 22.1. The Morgan fingerprint density at radius 2 is 1.90 bits per heavy atom. The van der Waals surface area contributed by atoms with Crippen molar-refractivity contribution in [2.24, 2.45) is 0 Å². The number of likely N-dealkylation sites (tertiary alicyclic amines) is 1. The smallest absolute Gasteiger partial charge is 0.295 e. The van der Waals surface area contributed by atoms with Crippen LogP contribution in [0.2, 0.25) is 0 Å². The van der Waals surface area contributed by atoms with Gasteiger partial charge in [-0.1, -0.05) is 31.4 Å². The van der Waals surface area contributed by atoms with E-state index in [-0.39, 0.29) is 23.5 Å². The van der Waals surface area contributed by atoms with E-state index in [1.165, 1.54) is 11.3 Å². The van der Waals surface area contributed by atoms with E-state index in [2.05, 4.69) is 0 Å². The van der Waals surface area contributed by atoms with E-state index in [1.54, 1.807) is 23.1 Å². The highest BCUT2D eigenvalue weighted by Gasteiger charge is 2.49. The van der Waals surface area contributed by atoms with Crippen LogP contribution in [0.4, 0.5) is 0 Å². The number of aliphatic hydroxyl groups is 1. The average Bonchev–Trinajstić information content (AvgIpc) is 3.28. The quantitative estimate of drug-likeness (QED) is 0.374. The Kier molecular flexibility index (Phi) is 6.19. The van der Waals surface area contributed by atoms with Crippen molar-refractivity contribution in [3.8, 4) is 5.75 Å². The Bertz CT molecular complexity index is 1020. The van der Waals surface area contributed by atoms with Crippen molar-refractivity contribution in [3.63, 3.8) is 0 Å². The van der Waals surface area contributed by atoms with Crippen LogP contribution >= 0.6 is 11.3 Å². The summed E-state index contributed by atoms with van der Waals surface area (Å²) in [5.74, 6) is -0.620. The highest BCUT2D eigenvalue weighted by atomic mass is 32.1. The van der Waals surface area contributed by atoms with Crippen LogP contribution in [0.5, 0.6) is 5.75 Å². The summed E-state index contributed by atoms with van der Waals surface area (Å²) in [6.45, 7) is 5.85. The number of carbonyl (C=O) groups is 2. The standard InChI is InChI=1S/C25H29NO4S/c1-15(2)30-19-11-7-8-17(14-19)22(27)20-21(24-16(3)12-13-31-24)26(25(29)23(20)28)18-9-5-4-6-10-18/h7-8,11-15,18,21,27H,4-6,9-10H2,1-3H3/b22-20-. The molecule has 6 heteroatoms. The Morgan fingerprint density at radius 3 is 2.55 bits per heavy atom. The van der Waals surface area contributed by atoms with E-state index in [4.69, 9.17) is 4.74 Å². The molecule has 0 spiro atoms. The van der Waals surface area contributed by atoms with E-state index in [1.807, 2.05) is 38.3 Å². The molecule has 2 aromatic rings. The van der Waals surface area contributed by atoms with Crippen molar-refractivity contribution < 1.29 is 19.4 Å². The molecule has 2 aliphatic rings. The molecule has 2 fully saturated rings. The third-order valence-corrected chi connectivity index (χ3v) is 7.15. The predicted octanol–water partition coefficient (Wildman–Crippen LogP) is 5.60. The monoisotopic (exact) mass is 439 g/mol. The summed E-state index contributed by atoms with van der Waals surface area (Å²) in [5.41, 5.74) is 1.70. The molecule has 1 aliphatic carbocycles. The van der Waals surface area contributed by atoms with Crippen LogP contribution in [0.3, 0.4) is 0 Å². The lowest BCUT2D eigenvalue weighted by molar-refractivity contribution is -0.141. The van der Waals surface area contributed by atoms with Crippen LogP contribution in [-0.2, 0) is 9.59 Å². The lowest BCUT2D eigenvalue weighted by Crippen LogP contribution is -2.40. The number of ether oxygens (including phenoxy) is 1. The summed E-state index contributed by atoms with van der Waals surface area (Å²) in [5, 5.41) is 13.2. The predicted molar refractivity (Wildman–Crippen MR) is 122 cm³/mol. The summed E-state index contributed by atoms with van der Waals surface area (Å²) in [7, 11) is 0. The summed E-state index contributed by atoms with van der Waals surface area (Å²) < 4.78 is 5.76. The number of hydrogen-bond acceptors (Lipinski definition) is 5.